The summed E-state index contributed by atoms with van der Waals surface area (Å²) in [5, 5.41) is 2.91. The molecule has 1 heterocycles. The van der Waals surface area contributed by atoms with Crippen LogP contribution < -0.4 is 5.32 Å². The van der Waals surface area contributed by atoms with Crippen molar-refractivity contribution in [2.45, 2.75) is 6.04 Å². The number of hydrogen-bond acceptors (Lipinski definition) is 2. The summed E-state index contributed by atoms with van der Waals surface area (Å²) in [4.78, 5) is 0. The summed E-state index contributed by atoms with van der Waals surface area (Å²) < 4.78 is 32.1. The van der Waals surface area contributed by atoms with Crippen LogP contribution in [-0.4, -0.2) is 19.8 Å². The summed E-state index contributed by atoms with van der Waals surface area (Å²) in [7, 11) is 0. The van der Waals surface area contributed by atoms with Crippen LogP contribution in [0.5, 0.6) is 0 Å². The third kappa shape index (κ3) is 2.12. The van der Waals surface area contributed by atoms with Crippen molar-refractivity contribution in [3.05, 3.63) is 34.4 Å². The van der Waals surface area contributed by atoms with Gasteiger partial charge in [0.1, 0.15) is 11.6 Å². The fraction of sp³-hybridized carbons (Fsp3) is 0.400. The molecule has 1 aliphatic rings. The highest BCUT2D eigenvalue weighted by Crippen LogP contribution is 2.27. The Balaban J connectivity index is 2.36. The van der Waals surface area contributed by atoms with E-state index in [1.54, 1.807) is 0 Å². The third-order valence-electron chi connectivity index (χ3n) is 2.35. The van der Waals surface area contributed by atoms with Crippen molar-refractivity contribution in [2.75, 3.05) is 19.8 Å². The van der Waals surface area contributed by atoms with Gasteiger partial charge < -0.3 is 10.1 Å². The van der Waals surface area contributed by atoms with Crippen molar-refractivity contribution in [3.63, 3.8) is 0 Å². The molecule has 1 aromatic carbocycles. The first-order chi connectivity index (χ1) is 7.20. The van der Waals surface area contributed by atoms with E-state index in [0.29, 0.717) is 13.2 Å². The zero-order valence-corrected chi connectivity index (χ0v) is 8.65. The molecule has 0 unspecified atom stereocenters. The Hall–Kier alpha value is -0.710. The van der Waals surface area contributed by atoms with Crippen LogP contribution in [0.1, 0.15) is 11.6 Å². The number of morpholine rings is 1. The van der Waals surface area contributed by atoms with Crippen LogP contribution in [0.2, 0.25) is 5.02 Å². The van der Waals surface area contributed by atoms with Crippen LogP contribution >= 0.6 is 11.6 Å². The van der Waals surface area contributed by atoms with Gasteiger partial charge in [-0.1, -0.05) is 11.6 Å². The van der Waals surface area contributed by atoms with E-state index in [-0.39, 0.29) is 17.2 Å². The molecule has 1 fully saturated rings. The predicted molar refractivity (Wildman–Crippen MR) is 52.9 cm³/mol. The second-order valence-electron chi connectivity index (χ2n) is 3.34. The molecule has 15 heavy (non-hydrogen) atoms. The van der Waals surface area contributed by atoms with E-state index in [9.17, 15) is 8.78 Å². The van der Waals surface area contributed by atoms with E-state index < -0.39 is 17.7 Å². The highest BCUT2D eigenvalue weighted by Gasteiger charge is 2.23. The monoisotopic (exact) mass is 233 g/mol. The first-order valence-electron chi connectivity index (χ1n) is 4.64. The number of halogens is 3. The van der Waals surface area contributed by atoms with Gasteiger partial charge in [-0.2, -0.15) is 0 Å². The smallest absolute Gasteiger partial charge is 0.149 e. The Morgan fingerprint density at radius 2 is 2.20 bits per heavy atom. The van der Waals surface area contributed by atoms with Gasteiger partial charge in [-0.05, 0) is 12.1 Å². The number of benzene rings is 1. The molecule has 5 heteroatoms. The average Bonchev–Trinajstić information content (AvgIpc) is 2.26. The summed E-state index contributed by atoms with van der Waals surface area (Å²) in [5.74, 6) is -1.31. The maximum atomic E-state index is 13.6. The van der Waals surface area contributed by atoms with Crippen LogP contribution in [0, 0.1) is 11.6 Å². The average molecular weight is 234 g/mol. The first kappa shape index (κ1) is 10.8. The summed E-state index contributed by atoms with van der Waals surface area (Å²) in [6.45, 7) is 1.39. The number of nitrogens with one attached hydrogen (secondary N) is 1. The molecule has 0 radical (unpaired) electrons. The topological polar surface area (TPSA) is 21.3 Å². The highest BCUT2D eigenvalue weighted by atomic mass is 35.5. The Morgan fingerprint density at radius 3 is 2.87 bits per heavy atom. The van der Waals surface area contributed by atoms with Gasteiger partial charge in [0.05, 0.1) is 24.3 Å². The maximum Gasteiger partial charge on any atom is 0.149 e. The molecule has 0 amide bonds. The molecule has 0 bridgehead atoms. The maximum absolute atomic E-state index is 13.6. The summed E-state index contributed by atoms with van der Waals surface area (Å²) in [5.41, 5.74) is -0.0396. The van der Waals surface area contributed by atoms with E-state index in [1.165, 1.54) is 6.07 Å². The minimum absolute atomic E-state index is 0.0396. The van der Waals surface area contributed by atoms with Crippen LogP contribution in [0.15, 0.2) is 12.1 Å². The van der Waals surface area contributed by atoms with Gasteiger partial charge in [-0.15, -0.1) is 0 Å². The van der Waals surface area contributed by atoms with E-state index in [0.717, 1.165) is 6.07 Å². The molecule has 2 rings (SSSR count). The third-order valence-corrected chi connectivity index (χ3v) is 2.64. The van der Waals surface area contributed by atoms with Gasteiger partial charge in [0.15, 0.2) is 0 Å². The fourth-order valence-corrected chi connectivity index (χ4v) is 1.78. The minimum atomic E-state index is -0.709. The highest BCUT2D eigenvalue weighted by molar-refractivity contribution is 6.30. The van der Waals surface area contributed by atoms with Gasteiger partial charge in [0.25, 0.3) is 0 Å². The molecule has 1 N–H and O–H groups in total. The second kappa shape index (κ2) is 4.43. The van der Waals surface area contributed by atoms with Gasteiger partial charge in [0.2, 0.25) is 0 Å². The molecule has 2 nitrogen and oxygen atoms in total. The van der Waals surface area contributed by atoms with E-state index >= 15 is 0 Å². The fourth-order valence-electron chi connectivity index (χ4n) is 1.61. The predicted octanol–water partition coefficient (Wildman–Crippen LogP) is 2.28. The molecule has 1 atom stereocenters. The number of hydrogen-bond donors (Lipinski definition) is 1. The Bertz CT molecular complexity index is 367. The van der Waals surface area contributed by atoms with Gasteiger partial charge in [0, 0.05) is 12.1 Å². The zero-order valence-electron chi connectivity index (χ0n) is 7.90. The Kier molecular flexibility index (Phi) is 3.19. The molecule has 1 aromatic rings. The SMILES string of the molecule is Fc1ccc(Cl)c(F)c1[C@@H]1COCCN1. The van der Waals surface area contributed by atoms with E-state index in [4.69, 9.17) is 16.3 Å². The molecule has 0 aromatic heterocycles. The van der Waals surface area contributed by atoms with Crippen LogP contribution in [-0.2, 0) is 4.74 Å². The van der Waals surface area contributed by atoms with Crippen molar-refractivity contribution in [1.29, 1.82) is 0 Å². The van der Waals surface area contributed by atoms with Gasteiger partial charge in [-0.25, -0.2) is 8.78 Å². The Morgan fingerprint density at radius 1 is 1.40 bits per heavy atom. The lowest BCUT2D eigenvalue weighted by atomic mass is 10.1. The van der Waals surface area contributed by atoms with E-state index in [1.807, 2.05) is 0 Å². The Labute approximate surface area is 91.2 Å². The minimum Gasteiger partial charge on any atom is -0.378 e. The summed E-state index contributed by atoms with van der Waals surface area (Å²) in [6.07, 6.45) is 0. The number of rotatable bonds is 1. The van der Waals surface area contributed by atoms with Crippen LogP contribution in [0.25, 0.3) is 0 Å². The molecule has 0 spiro atoms. The lowest BCUT2D eigenvalue weighted by Crippen LogP contribution is -2.35. The van der Waals surface area contributed by atoms with Gasteiger partial charge >= 0.3 is 0 Å². The quantitative estimate of drug-likeness (QED) is 0.752. The van der Waals surface area contributed by atoms with Crippen molar-refractivity contribution in [3.8, 4) is 0 Å². The molecule has 0 aliphatic carbocycles. The lowest BCUT2D eigenvalue weighted by molar-refractivity contribution is 0.0745. The lowest BCUT2D eigenvalue weighted by Gasteiger charge is -2.25. The number of ether oxygens (including phenoxy) is 1. The molecule has 82 valence electrons. The van der Waals surface area contributed by atoms with E-state index in [2.05, 4.69) is 5.32 Å². The molecular formula is C10H10ClF2NO. The largest absolute Gasteiger partial charge is 0.378 e. The van der Waals surface area contributed by atoms with Crippen LogP contribution in [0.4, 0.5) is 8.78 Å². The summed E-state index contributed by atoms with van der Waals surface area (Å²) in [6, 6.07) is 1.91. The van der Waals surface area contributed by atoms with Crippen LogP contribution in [0.3, 0.4) is 0 Å². The molecule has 0 saturated carbocycles. The standard InChI is InChI=1S/C10H10ClF2NO/c11-6-1-2-7(12)9(10(6)13)8-5-15-4-3-14-8/h1-2,8,14H,3-5H2/t8-/m0/s1. The molecule has 1 saturated heterocycles. The second-order valence-corrected chi connectivity index (χ2v) is 3.75. The van der Waals surface area contributed by atoms with Crippen molar-refractivity contribution >= 4 is 11.6 Å². The normalized spacial score (nSPS) is 21.7. The molecular weight excluding hydrogens is 224 g/mol. The molecule has 1 aliphatic heterocycles. The summed E-state index contributed by atoms with van der Waals surface area (Å²) >= 11 is 5.59. The van der Waals surface area contributed by atoms with Crippen molar-refractivity contribution in [2.24, 2.45) is 0 Å². The zero-order chi connectivity index (χ0) is 10.8. The first-order valence-corrected chi connectivity index (χ1v) is 5.02. The van der Waals surface area contributed by atoms with Gasteiger partial charge in [-0.3, -0.25) is 0 Å². The van der Waals surface area contributed by atoms with Crippen molar-refractivity contribution in [1.82, 2.24) is 5.32 Å². The van der Waals surface area contributed by atoms with Crippen molar-refractivity contribution < 1.29 is 13.5 Å².